The van der Waals surface area contributed by atoms with Crippen LogP contribution < -0.4 is 0 Å². The summed E-state index contributed by atoms with van der Waals surface area (Å²) in [6.45, 7) is 4.50. The van der Waals surface area contributed by atoms with Gasteiger partial charge >= 0.3 is 5.97 Å². The van der Waals surface area contributed by atoms with Gasteiger partial charge in [0.2, 0.25) is 0 Å². The zero-order valence-electron chi connectivity index (χ0n) is 10.3. The van der Waals surface area contributed by atoms with Crippen LogP contribution in [0.15, 0.2) is 0 Å². The maximum absolute atomic E-state index is 10.3. The van der Waals surface area contributed by atoms with Crippen molar-refractivity contribution >= 4 is 5.97 Å². The minimum absolute atomic E-state index is 0.0637. The van der Waals surface area contributed by atoms with Crippen molar-refractivity contribution in [3.05, 3.63) is 0 Å². The molecule has 0 bridgehead atoms. The molecule has 0 fully saturated rings. The Morgan fingerprint density at radius 1 is 1.38 bits per heavy atom. The smallest absolute Gasteiger partial charge is 0.303 e. The molecule has 16 heavy (non-hydrogen) atoms. The minimum Gasteiger partial charge on any atom is -0.481 e. The first kappa shape index (κ1) is 15.4. The Labute approximate surface area is 97.6 Å². The summed E-state index contributed by atoms with van der Waals surface area (Å²) in [6, 6.07) is 0. The maximum Gasteiger partial charge on any atom is 0.303 e. The minimum atomic E-state index is -0.749. The lowest BCUT2D eigenvalue weighted by Gasteiger charge is -2.18. The zero-order valence-corrected chi connectivity index (χ0v) is 10.3. The van der Waals surface area contributed by atoms with Gasteiger partial charge in [-0.1, -0.05) is 13.3 Å². The maximum atomic E-state index is 10.3. The fourth-order valence-electron chi connectivity index (χ4n) is 1.58. The van der Waals surface area contributed by atoms with E-state index < -0.39 is 5.97 Å². The second-order valence-electron chi connectivity index (χ2n) is 4.22. The van der Waals surface area contributed by atoms with Gasteiger partial charge in [-0.3, -0.25) is 4.79 Å². The largest absolute Gasteiger partial charge is 0.481 e. The lowest BCUT2D eigenvalue weighted by atomic mass is 10.1. The highest BCUT2D eigenvalue weighted by atomic mass is 16.5. The van der Waals surface area contributed by atoms with E-state index in [0.29, 0.717) is 19.4 Å². The van der Waals surface area contributed by atoms with E-state index in [0.717, 1.165) is 19.3 Å². The van der Waals surface area contributed by atoms with Gasteiger partial charge in [0.15, 0.2) is 0 Å². The number of aliphatic hydroxyl groups excluding tert-OH is 1. The molecular weight excluding hydrogens is 208 g/mol. The summed E-state index contributed by atoms with van der Waals surface area (Å²) in [5.74, 6) is -0.749. The second-order valence-corrected chi connectivity index (χ2v) is 4.22. The zero-order chi connectivity index (χ0) is 12.4. The quantitative estimate of drug-likeness (QED) is 0.567. The van der Waals surface area contributed by atoms with Crippen molar-refractivity contribution < 1.29 is 19.7 Å². The molecule has 0 aliphatic rings. The van der Waals surface area contributed by atoms with E-state index in [9.17, 15) is 9.90 Å². The molecule has 2 unspecified atom stereocenters. The van der Waals surface area contributed by atoms with Gasteiger partial charge in [-0.15, -0.1) is 0 Å². The standard InChI is InChI=1S/C12H24O4/c1-3-8-16-11(9-10(2)13)6-4-5-7-12(14)15/h10-11,13H,3-9H2,1-2H3,(H,14,15). The SMILES string of the molecule is CCCOC(CCCCC(=O)O)CC(C)O. The molecule has 0 rings (SSSR count). The molecule has 0 aromatic carbocycles. The first-order valence-corrected chi connectivity index (χ1v) is 6.07. The van der Waals surface area contributed by atoms with Crippen molar-refractivity contribution in [3.63, 3.8) is 0 Å². The van der Waals surface area contributed by atoms with E-state index in [1.165, 1.54) is 0 Å². The van der Waals surface area contributed by atoms with Crippen LogP contribution in [0.4, 0.5) is 0 Å². The number of aliphatic hydroxyl groups is 1. The Morgan fingerprint density at radius 3 is 2.56 bits per heavy atom. The predicted octanol–water partition coefficient (Wildman–Crippen LogP) is 2.20. The molecule has 2 N–H and O–H groups in total. The summed E-state index contributed by atoms with van der Waals surface area (Å²) < 4.78 is 5.60. The molecule has 0 aliphatic heterocycles. The average molecular weight is 232 g/mol. The van der Waals surface area contributed by atoms with Crippen LogP contribution in [0.3, 0.4) is 0 Å². The topological polar surface area (TPSA) is 66.8 Å². The third kappa shape index (κ3) is 9.93. The van der Waals surface area contributed by atoms with Crippen LogP contribution in [-0.4, -0.2) is 35.0 Å². The van der Waals surface area contributed by atoms with Crippen LogP contribution in [-0.2, 0) is 9.53 Å². The van der Waals surface area contributed by atoms with Crippen LogP contribution in [0.1, 0.15) is 52.4 Å². The van der Waals surface area contributed by atoms with E-state index in [1.807, 2.05) is 6.92 Å². The van der Waals surface area contributed by atoms with Gasteiger partial charge in [-0.2, -0.15) is 0 Å². The van der Waals surface area contributed by atoms with Gasteiger partial charge < -0.3 is 14.9 Å². The Balaban J connectivity index is 3.68. The van der Waals surface area contributed by atoms with Gasteiger partial charge in [0.25, 0.3) is 0 Å². The highest BCUT2D eigenvalue weighted by Gasteiger charge is 2.12. The number of hydrogen-bond acceptors (Lipinski definition) is 3. The van der Waals surface area contributed by atoms with Gasteiger partial charge in [-0.25, -0.2) is 0 Å². The van der Waals surface area contributed by atoms with E-state index >= 15 is 0 Å². The normalized spacial score (nSPS) is 14.7. The number of carboxylic acids is 1. The molecule has 0 saturated carbocycles. The highest BCUT2D eigenvalue weighted by molar-refractivity contribution is 5.66. The molecule has 0 saturated heterocycles. The molecule has 2 atom stereocenters. The number of hydrogen-bond donors (Lipinski definition) is 2. The molecule has 0 radical (unpaired) electrons. The molecule has 0 aromatic heterocycles. The first-order chi connectivity index (χ1) is 7.56. The summed E-state index contributed by atoms with van der Waals surface area (Å²) in [5, 5.41) is 17.8. The molecule has 0 heterocycles. The third-order valence-corrected chi connectivity index (χ3v) is 2.33. The molecule has 0 aliphatic carbocycles. The van der Waals surface area contributed by atoms with Crippen LogP contribution in [0.2, 0.25) is 0 Å². The summed E-state index contributed by atoms with van der Waals surface area (Å²) >= 11 is 0. The molecule has 0 amide bonds. The van der Waals surface area contributed by atoms with Crippen molar-refractivity contribution in [2.75, 3.05) is 6.61 Å². The molecular formula is C12H24O4. The Hall–Kier alpha value is -0.610. The second kappa shape index (κ2) is 9.60. The molecule has 0 spiro atoms. The number of rotatable bonds is 10. The lowest BCUT2D eigenvalue weighted by molar-refractivity contribution is -0.137. The van der Waals surface area contributed by atoms with Crippen LogP contribution in [0.5, 0.6) is 0 Å². The number of unbranched alkanes of at least 4 members (excludes halogenated alkanes) is 1. The van der Waals surface area contributed by atoms with Crippen LogP contribution >= 0.6 is 0 Å². The summed E-state index contributed by atoms with van der Waals surface area (Å²) in [4.78, 5) is 10.3. The van der Waals surface area contributed by atoms with Gasteiger partial charge in [0.05, 0.1) is 12.2 Å². The van der Waals surface area contributed by atoms with Gasteiger partial charge in [0.1, 0.15) is 0 Å². The molecule has 96 valence electrons. The fourth-order valence-corrected chi connectivity index (χ4v) is 1.58. The summed E-state index contributed by atoms with van der Waals surface area (Å²) in [6.07, 6.45) is 3.87. The van der Waals surface area contributed by atoms with Crippen molar-refractivity contribution in [2.24, 2.45) is 0 Å². The summed E-state index contributed by atoms with van der Waals surface area (Å²) in [5.41, 5.74) is 0. The number of carboxylic acid groups (broad SMARTS) is 1. The molecule has 4 nitrogen and oxygen atoms in total. The monoisotopic (exact) mass is 232 g/mol. The number of carbonyl (C=O) groups is 1. The molecule has 0 aromatic rings. The third-order valence-electron chi connectivity index (χ3n) is 2.33. The molecule has 4 heteroatoms. The Bertz CT molecular complexity index is 180. The Kier molecular flexibility index (Phi) is 9.24. The van der Waals surface area contributed by atoms with Crippen molar-refractivity contribution in [1.29, 1.82) is 0 Å². The van der Waals surface area contributed by atoms with E-state index in [2.05, 4.69) is 0 Å². The van der Waals surface area contributed by atoms with Crippen LogP contribution in [0.25, 0.3) is 0 Å². The average Bonchev–Trinajstić information content (AvgIpc) is 2.19. The van der Waals surface area contributed by atoms with Crippen molar-refractivity contribution in [2.45, 2.75) is 64.6 Å². The number of aliphatic carboxylic acids is 1. The van der Waals surface area contributed by atoms with Crippen molar-refractivity contribution in [3.8, 4) is 0 Å². The van der Waals surface area contributed by atoms with Crippen molar-refractivity contribution in [1.82, 2.24) is 0 Å². The van der Waals surface area contributed by atoms with E-state index in [4.69, 9.17) is 9.84 Å². The van der Waals surface area contributed by atoms with Gasteiger partial charge in [-0.05, 0) is 32.6 Å². The highest BCUT2D eigenvalue weighted by Crippen LogP contribution is 2.12. The Morgan fingerprint density at radius 2 is 2.06 bits per heavy atom. The van der Waals surface area contributed by atoms with E-state index in [-0.39, 0.29) is 18.6 Å². The van der Waals surface area contributed by atoms with Crippen LogP contribution in [0, 0.1) is 0 Å². The predicted molar refractivity (Wildman–Crippen MR) is 62.4 cm³/mol. The fraction of sp³-hybridized carbons (Fsp3) is 0.917. The number of ether oxygens (including phenoxy) is 1. The first-order valence-electron chi connectivity index (χ1n) is 6.07. The van der Waals surface area contributed by atoms with E-state index in [1.54, 1.807) is 6.92 Å². The van der Waals surface area contributed by atoms with Gasteiger partial charge in [0, 0.05) is 13.0 Å². The lowest BCUT2D eigenvalue weighted by Crippen LogP contribution is -2.19. The summed E-state index contributed by atoms with van der Waals surface area (Å²) in [7, 11) is 0.